The fourth-order valence-electron chi connectivity index (χ4n) is 5.81. The first-order valence-electron chi connectivity index (χ1n) is 12.2. The van der Waals surface area contributed by atoms with Gasteiger partial charge in [0.15, 0.2) is 5.54 Å². The summed E-state index contributed by atoms with van der Waals surface area (Å²) < 4.78 is 5.26. The van der Waals surface area contributed by atoms with Crippen LogP contribution in [-0.2, 0) is 16.9 Å². The standard InChI is InChI=1S/C28H27N5O4/c1-16-10-19(11-20-13-29-32(2)24(16)20)17-4-7-21(8-5-17)28(26(35)30-27(36)31-28)15-33-14-18-6-9-22(37-3)12-23(18)25(33)34/h4-13,20,24H,14-15H2,1-3H3,(H2,30,31,35,36)/t20?,24?,28-/m0/s1. The van der Waals surface area contributed by atoms with Crippen molar-refractivity contribution in [3.05, 3.63) is 82.4 Å². The number of fused-ring (bicyclic) bond motifs is 2. The molecule has 0 bridgehead atoms. The number of hydrogen-bond acceptors (Lipinski definition) is 6. The zero-order chi connectivity index (χ0) is 25.9. The molecule has 37 heavy (non-hydrogen) atoms. The lowest BCUT2D eigenvalue weighted by molar-refractivity contribution is -0.124. The van der Waals surface area contributed by atoms with Gasteiger partial charge < -0.3 is 15.0 Å². The molecule has 3 aliphatic heterocycles. The highest BCUT2D eigenvalue weighted by Crippen LogP contribution is 2.36. The molecule has 2 aromatic rings. The fourth-order valence-corrected chi connectivity index (χ4v) is 5.81. The fraction of sp³-hybridized carbons (Fsp3) is 0.286. The lowest BCUT2D eigenvalue weighted by Crippen LogP contribution is -2.52. The number of rotatable bonds is 5. The lowest BCUT2D eigenvalue weighted by atomic mass is 9.83. The molecular weight excluding hydrogens is 470 g/mol. The highest BCUT2D eigenvalue weighted by atomic mass is 16.5. The minimum absolute atomic E-state index is 0.00795. The number of hydrogen-bond donors (Lipinski definition) is 2. The summed E-state index contributed by atoms with van der Waals surface area (Å²) in [5.41, 5.74) is 3.93. The Hall–Kier alpha value is -4.40. The normalized spacial score (nSPS) is 26.0. The Morgan fingerprint density at radius 2 is 1.92 bits per heavy atom. The largest absolute Gasteiger partial charge is 0.497 e. The first-order chi connectivity index (χ1) is 17.8. The van der Waals surface area contributed by atoms with Crippen LogP contribution in [0.5, 0.6) is 5.75 Å². The number of nitrogens with one attached hydrogen (secondary N) is 2. The molecule has 1 aliphatic carbocycles. The first-order valence-corrected chi connectivity index (χ1v) is 12.2. The van der Waals surface area contributed by atoms with Crippen molar-refractivity contribution >= 4 is 29.6 Å². The number of benzene rings is 2. The summed E-state index contributed by atoms with van der Waals surface area (Å²) >= 11 is 0. The summed E-state index contributed by atoms with van der Waals surface area (Å²) in [5.74, 6) is 0.114. The number of likely N-dealkylation sites (N-methyl/N-ethyl adjacent to an activating group) is 1. The quantitative estimate of drug-likeness (QED) is 0.619. The summed E-state index contributed by atoms with van der Waals surface area (Å²) in [6.07, 6.45) is 6.33. The number of nitrogens with zero attached hydrogens (tertiary/aromatic N) is 3. The summed E-state index contributed by atoms with van der Waals surface area (Å²) in [7, 11) is 3.53. The summed E-state index contributed by atoms with van der Waals surface area (Å²) in [5, 5.41) is 11.6. The van der Waals surface area contributed by atoms with E-state index < -0.39 is 17.5 Å². The molecule has 9 heteroatoms. The van der Waals surface area contributed by atoms with Crippen LogP contribution in [0.1, 0.15) is 34.0 Å². The number of carbonyl (C=O) groups excluding carboxylic acids is 3. The highest BCUT2D eigenvalue weighted by molar-refractivity contribution is 6.08. The number of methoxy groups -OCH3 is 1. The maximum absolute atomic E-state index is 13.2. The molecule has 1 fully saturated rings. The second-order valence-corrected chi connectivity index (χ2v) is 9.95. The van der Waals surface area contributed by atoms with Crippen molar-refractivity contribution in [1.82, 2.24) is 20.5 Å². The van der Waals surface area contributed by atoms with Crippen LogP contribution < -0.4 is 15.4 Å². The van der Waals surface area contributed by atoms with Gasteiger partial charge in [0.1, 0.15) is 5.75 Å². The number of allylic oxidation sites excluding steroid dienone is 2. The molecular formula is C28H27N5O4. The minimum atomic E-state index is -1.39. The van der Waals surface area contributed by atoms with Crippen molar-refractivity contribution in [2.75, 3.05) is 20.7 Å². The third kappa shape index (κ3) is 3.61. The Morgan fingerprint density at radius 1 is 1.14 bits per heavy atom. The maximum atomic E-state index is 13.2. The predicted molar refractivity (Wildman–Crippen MR) is 138 cm³/mol. The van der Waals surface area contributed by atoms with Crippen molar-refractivity contribution in [3.63, 3.8) is 0 Å². The molecule has 0 saturated carbocycles. The number of amides is 4. The number of hydrazone groups is 1. The molecule has 1 saturated heterocycles. The molecule has 6 rings (SSSR count). The van der Waals surface area contributed by atoms with Gasteiger partial charge >= 0.3 is 6.03 Å². The van der Waals surface area contributed by atoms with Gasteiger partial charge in [0.05, 0.1) is 19.7 Å². The number of ether oxygens (including phenoxy) is 1. The van der Waals surface area contributed by atoms with Gasteiger partial charge in [0.25, 0.3) is 11.8 Å². The number of carbonyl (C=O) groups is 3. The van der Waals surface area contributed by atoms with Gasteiger partial charge in [-0.25, -0.2) is 4.79 Å². The Labute approximate surface area is 214 Å². The van der Waals surface area contributed by atoms with Crippen LogP contribution >= 0.6 is 0 Å². The van der Waals surface area contributed by atoms with E-state index in [1.165, 1.54) is 5.57 Å². The molecule has 188 valence electrons. The number of imide groups is 1. The maximum Gasteiger partial charge on any atom is 0.322 e. The molecule has 3 atom stereocenters. The Morgan fingerprint density at radius 3 is 2.62 bits per heavy atom. The van der Waals surface area contributed by atoms with Gasteiger partial charge in [-0.1, -0.05) is 42.5 Å². The van der Waals surface area contributed by atoms with E-state index >= 15 is 0 Å². The Balaban J connectivity index is 1.30. The molecule has 0 radical (unpaired) electrons. The first kappa shape index (κ1) is 23.0. The van der Waals surface area contributed by atoms with Crippen LogP contribution in [0.4, 0.5) is 4.79 Å². The minimum Gasteiger partial charge on any atom is -0.497 e. The van der Waals surface area contributed by atoms with Crippen molar-refractivity contribution < 1.29 is 19.1 Å². The van der Waals surface area contributed by atoms with Crippen LogP contribution in [0, 0.1) is 5.92 Å². The van der Waals surface area contributed by atoms with E-state index in [1.54, 1.807) is 18.1 Å². The average Bonchev–Trinajstić information content (AvgIpc) is 3.52. The van der Waals surface area contributed by atoms with Gasteiger partial charge in [-0.05, 0) is 46.9 Å². The molecule has 9 nitrogen and oxygen atoms in total. The van der Waals surface area contributed by atoms with E-state index in [-0.39, 0.29) is 24.4 Å². The molecule has 4 amide bonds. The summed E-state index contributed by atoms with van der Waals surface area (Å²) in [4.78, 5) is 40.3. The van der Waals surface area contributed by atoms with E-state index in [2.05, 4.69) is 34.8 Å². The topological polar surface area (TPSA) is 103 Å². The van der Waals surface area contributed by atoms with Crippen molar-refractivity contribution in [1.29, 1.82) is 0 Å². The predicted octanol–water partition coefficient (Wildman–Crippen LogP) is 2.65. The van der Waals surface area contributed by atoms with Crippen LogP contribution in [-0.4, -0.2) is 60.7 Å². The molecule has 2 N–H and O–H groups in total. The third-order valence-corrected chi connectivity index (χ3v) is 7.69. The smallest absolute Gasteiger partial charge is 0.322 e. The molecule has 2 aromatic carbocycles. The second-order valence-electron chi connectivity index (χ2n) is 9.95. The highest BCUT2D eigenvalue weighted by Gasteiger charge is 2.50. The van der Waals surface area contributed by atoms with Crippen LogP contribution in [0.25, 0.3) is 5.57 Å². The lowest BCUT2D eigenvalue weighted by Gasteiger charge is -2.31. The van der Waals surface area contributed by atoms with Gasteiger partial charge in [-0.2, -0.15) is 5.10 Å². The van der Waals surface area contributed by atoms with Gasteiger partial charge in [-0.15, -0.1) is 0 Å². The van der Waals surface area contributed by atoms with E-state index in [4.69, 9.17) is 4.74 Å². The zero-order valence-electron chi connectivity index (χ0n) is 20.8. The van der Waals surface area contributed by atoms with Gasteiger partial charge in [-0.3, -0.25) is 19.9 Å². The van der Waals surface area contributed by atoms with Crippen molar-refractivity contribution in [3.8, 4) is 5.75 Å². The summed E-state index contributed by atoms with van der Waals surface area (Å²) in [6, 6.07) is 12.6. The van der Waals surface area contributed by atoms with E-state index in [0.717, 1.165) is 16.7 Å². The van der Waals surface area contributed by atoms with Gasteiger partial charge in [0.2, 0.25) is 0 Å². The third-order valence-electron chi connectivity index (χ3n) is 7.69. The number of urea groups is 1. The summed E-state index contributed by atoms with van der Waals surface area (Å²) in [6.45, 7) is 2.46. The van der Waals surface area contributed by atoms with Crippen LogP contribution in [0.15, 0.2) is 65.3 Å². The Bertz CT molecular complexity index is 1430. The zero-order valence-corrected chi connectivity index (χ0v) is 20.8. The molecule has 3 heterocycles. The van der Waals surface area contributed by atoms with E-state index in [1.807, 2.05) is 54.7 Å². The molecule has 4 aliphatic rings. The van der Waals surface area contributed by atoms with E-state index in [0.29, 0.717) is 23.4 Å². The molecule has 0 spiro atoms. The van der Waals surface area contributed by atoms with Crippen molar-refractivity contribution in [2.24, 2.45) is 11.0 Å². The molecule has 2 unspecified atom stereocenters. The van der Waals surface area contributed by atoms with E-state index in [9.17, 15) is 14.4 Å². The van der Waals surface area contributed by atoms with Crippen LogP contribution in [0.3, 0.4) is 0 Å². The molecule has 0 aromatic heterocycles. The van der Waals surface area contributed by atoms with Crippen LogP contribution in [0.2, 0.25) is 0 Å². The second kappa shape index (κ2) is 8.33. The monoisotopic (exact) mass is 497 g/mol. The Kier molecular flexibility index (Phi) is 5.18. The van der Waals surface area contributed by atoms with Crippen molar-refractivity contribution in [2.45, 2.75) is 25.0 Å². The SMILES string of the molecule is COc1ccc2c(c1)C(=O)N(C[C@@]1(c3ccc(C4=CC5C=NN(C)C5C(C)=C4)cc3)NC(=O)NC1=O)C2. The van der Waals surface area contributed by atoms with Gasteiger partial charge in [0, 0.05) is 31.3 Å². The average molecular weight is 498 g/mol.